The number of hydrogen-bond donors (Lipinski definition) is 1. The summed E-state index contributed by atoms with van der Waals surface area (Å²) in [5.41, 5.74) is 1.87. The summed E-state index contributed by atoms with van der Waals surface area (Å²) in [6, 6.07) is 1.97. The van der Waals surface area contributed by atoms with Crippen LogP contribution in [0.1, 0.15) is 17.4 Å². The number of fused-ring (bicyclic) bond motifs is 1. The molecule has 0 spiro atoms. The molecular weight excluding hydrogens is 232 g/mol. The molecule has 92 valence electrons. The SMILES string of the molecule is Cc1cc2c(NCc3noc(C)n3)nccn2n1. The maximum atomic E-state index is 4.91. The van der Waals surface area contributed by atoms with Gasteiger partial charge < -0.3 is 9.84 Å². The standard InChI is InChI=1S/C11H12N6O/c1-7-5-9-11(12-3-4-17(9)15-7)13-6-10-14-8(2)18-16-10/h3-5H,6H2,1-2H3,(H,12,13). The Balaban J connectivity index is 1.86. The molecule has 0 amide bonds. The maximum Gasteiger partial charge on any atom is 0.223 e. The van der Waals surface area contributed by atoms with Crippen LogP contribution in [0.4, 0.5) is 5.82 Å². The number of aryl methyl sites for hydroxylation is 2. The molecule has 0 aliphatic heterocycles. The van der Waals surface area contributed by atoms with Gasteiger partial charge in [0.2, 0.25) is 5.89 Å². The molecule has 18 heavy (non-hydrogen) atoms. The molecule has 0 fully saturated rings. The number of hydrogen-bond acceptors (Lipinski definition) is 6. The van der Waals surface area contributed by atoms with Gasteiger partial charge in [0.1, 0.15) is 5.52 Å². The molecule has 0 aliphatic rings. The molecule has 3 heterocycles. The predicted molar refractivity (Wildman–Crippen MR) is 64.1 cm³/mol. The van der Waals surface area contributed by atoms with Gasteiger partial charge in [-0.2, -0.15) is 10.1 Å². The first kappa shape index (κ1) is 10.7. The largest absolute Gasteiger partial charge is 0.361 e. The van der Waals surface area contributed by atoms with Crippen LogP contribution < -0.4 is 5.32 Å². The van der Waals surface area contributed by atoms with Gasteiger partial charge in [0.05, 0.1) is 12.2 Å². The van der Waals surface area contributed by atoms with E-state index in [1.807, 2.05) is 19.2 Å². The van der Waals surface area contributed by atoms with E-state index < -0.39 is 0 Å². The third-order valence-electron chi connectivity index (χ3n) is 2.50. The van der Waals surface area contributed by atoms with E-state index in [0.29, 0.717) is 18.3 Å². The molecule has 1 N–H and O–H groups in total. The summed E-state index contributed by atoms with van der Waals surface area (Å²) in [6.45, 7) is 4.17. The Labute approximate surface area is 103 Å². The molecule has 7 heteroatoms. The van der Waals surface area contributed by atoms with Gasteiger partial charge in [-0.05, 0) is 13.0 Å². The summed E-state index contributed by atoms with van der Waals surface area (Å²) in [5, 5.41) is 11.3. The molecule has 0 unspecified atom stereocenters. The fourth-order valence-electron chi connectivity index (χ4n) is 1.76. The Morgan fingerprint density at radius 2 is 2.28 bits per heavy atom. The predicted octanol–water partition coefficient (Wildman–Crippen LogP) is 1.34. The molecule has 0 bridgehead atoms. The summed E-state index contributed by atoms with van der Waals surface area (Å²) >= 11 is 0. The van der Waals surface area contributed by atoms with E-state index in [9.17, 15) is 0 Å². The quantitative estimate of drug-likeness (QED) is 0.748. The number of anilines is 1. The van der Waals surface area contributed by atoms with Crippen LogP contribution >= 0.6 is 0 Å². The van der Waals surface area contributed by atoms with Crippen molar-refractivity contribution in [2.75, 3.05) is 5.32 Å². The smallest absolute Gasteiger partial charge is 0.223 e. The zero-order chi connectivity index (χ0) is 12.5. The molecule has 0 aromatic carbocycles. The summed E-state index contributed by atoms with van der Waals surface area (Å²) in [6.07, 6.45) is 3.51. The molecule has 0 atom stereocenters. The normalized spacial score (nSPS) is 11.0. The first-order valence-electron chi connectivity index (χ1n) is 5.56. The van der Waals surface area contributed by atoms with Crippen LogP contribution in [0.15, 0.2) is 23.0 Å². The highest BCUT2D eigenvalue weighted by molar-refractivity contribution is 5.67. The van der Waals surface area contributed by atoms with E-state index in [2.05, 4.69) is 25.5 Å². The number of nitrogens with one attached hydrogen (secondary N) is 1. The fourth-order valence-corrected chi connectivity index (χ4v) is 1.76. The van der Waals surface area contributed by atoms with Crippen LogP contribution in [0.2, 0.25) is 0 Å². The average Bonchev–Trinajstić information content (AvgIpc) is 2.91. The van der Waals surface area contributed by atoms with Crippen LogP contribution in [-0.4, -0.2) is 24.7 Å². The van der Waals surface area contributed by atoms with E-state index in [-0.39, 0.29) is 0 Å². The highest BCUT2D eigenvalue weighted by Gasteiger charge is 2.07. The van der Waals surface area contributed by atoms with Crippen molar-refractivity contribution in [1.29, 1.82) is 0 Å². The van der Waals surface area contributed by atoms with Gasteiger partial charge in [-0.3, -0.25) is 0 Å². The zero-order valence-corrected chi connectivity index (χ0v) is 10.1. The second kappa shape index (κ2) is 4.10. The van der Waals surface area contributed by atoms with Crippen molar-refractivity contribution in [3.8, 4) is 0 Å². The third kappa shape index (κ3) is 1.90. The highest BCUT2D eigenvalue weighted by atomic mass is 16.5. The summed E-state index contributed by atoms with van der Waals surface area (Å²) in [7, 11) is 0. The molecule has 7 nitrogen and oxygen atoms in total. The van der Waals surface area contributed by atoms with Crippen LogP contribution in [0.3, 0.4) is 0 Å². The fraction of sp³-hybridized carbons (Fsp3) is 0.273. The Morgan fingerprint density at radius 1 is 1.39 bits per heavy atom. The van der Waals surface area contributed by atoms with Gasteiger partial charge in [-0.15, -0.1) is 0 Å². The Hall–Kier alpha value is -2.44. The van der Waals surface area contributed by atoms with E-state index in [0.717, 1.165) is 17.0 Å². The van der Waals surface area contributed by atoms with Gasteiger partial charge >= 0.3 is 0 Å². The minimum absolute atomic E-state index is 0.467. The molecule has 0 aliphatic carbocycles. The Morgan fingerprint density at radius 3 is 3.06 bits per heavy atom. The average molecular weight is 244 g/mol. The molecule has 3 rings (SSSR count). The Kier molecular flexibility index (Phi) is 2.44. The lowest BCUT2D eigenvalue weighted by Crippen LogP contribution is -2.04. The van der Waals surface area contributed by atoms with Crippen molar-refractivity contribution >= 4 is 11.3 Å². The number of rotatable bonds is 3. The zero-order valence-electron chi connectivity index (χ0n) is 10.1. The van der Waals surface area contributed by atoms with Crippen molar-refractivity contribution in [3.05, 3.63) is 35.9 Å². The second-order valence-electron chi connectivity index (χ2n) is 3.97. The van der Waals surface area contributed by atoms with E-state index in [1.54, 1.807) is 17.6 Å². The number of nitrogens with zero attached hydrogens (tertiary/aromatic N) is 5. The first-order valence-corrected chi connectivity index (χ1v) is 5.56. The monoisotopic (exact) mass is 244 g/mol. The van der Waals surface area contributed by atoms with Crippen molar-refractivity contribution in [2.45, 2.75) is 20.4 Å². The molecule has 0 radical (unpaired) electrons. The highest BCUT2D eigenvalue weighted by Crippen LogP contribution is 2.15. The van der Waals surface area contributed by atoms with E-state index in [4.69, 9.17) is 4.52 Å². The van der Waals surface area contributed by atoms with Crippen LogP contribution in [0.5, 0.6) is 0 Å². The third-order valence-corrected chi connectivity index (χ3v) is 2.50. The van der Waals surface area contributed by atoms with Crippen LogP contribution in [-0.2, 0) is 6.54 Å². The van der Waals surface area contributed by atoms with Crippen molar-refractivity contribution in [3.63, 3.8) is 0 Å². The topological polar surface area (TPSA) is 81.1 Å². The summed E-state index contributed by atoms with van der Waals surface area (Å²) < 4.78 is 6.69. The summed E-state index contributed by atoms with van der Waals surface area (Å²) in [5.74, 6) is 1.91. The molecule has 3 aromatic rings. The molecule has 3 aromatic heterocycles. The minimum Gasteiger partial charge on any atom is -0.361 e. The summed E-state index contributed by atoms with van der Waals surface area (Å²) in [4.78, 5) is 8.40. The molecule has 0 saturated carbocycles. The van der Waals surface area contributed by atoms with Crippen LogP contribution in [0.25, 0.3) is 5.52 Å². The lowest BCUT2D eigenvalue weighted by Gasteiger charge is -2.03. The molecular formula is C11H12N6O. The van der Waals surface area contributed by atoms with Crippen molar-refractivity contribution in [2.24, 2.45) is 0 Å². The van der Waals surface area contributed by atoms with Crippen molar-refractivity contribution in [1.82, 2.24) is 24.7 Å². The second-order valence-corrected chi connectivity index (χ2v) is 3.97. The van der Waals surface area contributed by atoms with E-state index in [1.165, 1.54) is 0 Å². The maximum absolute atomic E-state index is 4.91. The van der Waals surface area contributed by atoms with Gasteiger partial charge in [0.25, 0.3) is 0 Å². The molecule has 0 saturated heterocycles. The number of aromatic nitrogens is 5. The van der Waals surface area contributed by atoms with Gasteiger partial charge in [0, 0.05) is 19.3 Å². The van der Waals surface area contributed by atoms with E-state index >= 15 is 0 Å². The lowest BCUT2D eigenvalue weighted by molar-refractivity contribution is 0.388. The Bertz CT molecular complexity index is 686. The van der Waals surface area contributed by atoms with Crippen molar-refractivity contribution < 1.29 is 4.52 Å². The minimum atomic E-state index is 0.467. The lowest BCUT2D eigenvalue weighted by atomic mass is 10.4. The van der Waals surface area contributed by atoms with Gasteiger partial charge in [-0.25, -0.2) is 9.50 Å². The van der Waals surface area contributed by atoms with Gasteiger partial charge in [-0.1, -0.05) is 5.16 Å². The van der Waals surface area contributed by atoms with Gasteiger partial charge in [0.15, 0.2) is 11.6 Å². The van der Waals surface area contributed by atoms with Crippen LogP contribution in [0, 0.1) is 13.8 Å². The first-order chi connectivity index (χ1) is 8.72.